The molecule has 156 valence electrons. The number of halogens is 1. The SMILES string of the molecule is CCCCCCCCCCCCCCCCC[N+]1(CCO)C=NCC1.[Cl-]. The molecule has 0 aromatic carbocycles. The van der Waals surface area contributed by atoms with Crippen LogP contribution in [-0.2, 0) is 0 Å². The van der Waals surface area contributed by atoms with Gasteiger partial charge in [0.2, 0.25) is 0 Å². The highest BCUT2D eigenvalue weighted by Crippen LogP contribution is 2.15. The Morgan fingerprint density at radius 1 is 0.731 bits per heavy atom. The molecule has 1 aliphatic heterocycles. The minimum atomic E-state index is 0. The van der Waals surface area contributed by atoms with Crippen molar-refractivity contribution in [2.75, 3.05) is 32.8 Å². The van der Waals surface area contributed by atoms with E-state index in [-0.39, 0.29) is 19.0 Å². The summed E-state index contributed by atoms with van der Waals surface area (Å²) in [4.78, 5) is 4.38. The molecule has 4 heteroatoms. The maximum Gasteiger partial charge on any atom is 0.185 e. The molecule has 1 heterocycles. The number of aliphatic imine (C=N–C) groups is 1. The maximum absolute atomic E-state index is 9.24. The molecular weight excluding hydrogens is 344 g/mol. The monoisotopic (exact) mass is 388 g/mol. The van der Waals surface area contributed by atoms with Gasteiger partial charge in [-0.3, -0.25) is 4.48 Å². The van der Waals surface area contributed by atoms with Gasteiger partial charge in [-0.2, -0.15) is 0 Å². The van der Waals surface area contributed by atoms with E-state index in [0.717, 1.165) is 24.1 Å². The van der Waals surface area contributed by atoms with Gasteiger partial charge in [0.05, 0.1) is 19.7 Å². The fourth-order valence-corrected chi connectivity index (χ4v) is 3.99. The van der Waals surface area contributed by atoms with E-state index in [1.807, 2.05) is 0 Å². The summed E-state index contributed by atoms with van der Waals surface area (Å²) in [6.07, 6.45) is 23.3. The predicted octanol–water partition coefficient (Wildman–Crippen LogP) is 2.71. The second-order valence-corrected chi connectivity index (χ2v) is 8.08. The summed E-state index contributed by atoms with van der Waals surface area (Å²) in [7, 11) is 0. The standard InChI is InChI=1S/C22H45N2O.ClH/c1-2-3-4-5-6-7-8-9-10-11-12-13-14-15-16-18-24(20-21-25)19-17-23-22-24;/h22,25H,2-21H2,1H3;1H/q+1;/p-1. The molecular formula is C22H45ClN2O. The van der Waals surface area contributed by atoms with Gasteiger partial charge in [0, 0.05) is 0 Å². The van der Waals surface area contributed by atoms with Crippen molar-refractivity contribution < 1.29 is 22.0 Å². The zero-order chi connectivity index (χ0) is 18.1. The molecule has 0 aromatic heterocycles. The lowest BCUT2D eigenvalue weighted by molar-refractivity contribution is -0.829. The third-order valence-electron chi connectivity index (χ3n) is 5.75. The van der Waals surface area contributed by atoms with Crippen molar-refractivity contribution in [1.29, 1.82) is 0 Å². The largest absolute Gasteiger partial charge is 1.00 e. The fourth-order valence-electron chi connectivity index (χ4n) is 3.99. The summed E-state index contributed by atoms with van der Waals surface area (Å²) >= 11 is 0. The molecule has 1 atom stereocenters. The molecule has 0 saturated carbocycles. The Hall–Kier alpha value is -0.120. The molecule has 0 bridgehead atoms. The lowest BCUT2D eigenvalue weighted by Crippen LogP contribution is -3.00. The molecule has 0 aliphatic carbocycles. The van der Waals surface area contributed by atoms with E-state index in [4.69, 9.17) is 0 Å². The van der Waals surface area contributed by atoms with Gasteiger partial charge in [-0.25, -0.2) is 4.99 Å². The highest BCUT2D eigenvalue weighted by molar-refractivity contribution is 5.48. The first-order chi connectivity index (χ1) is 12.3. The van der Waals surface area contributed by atoms with Crippen molar-refractivity contribution in [3.63, 3.8) is 0 Å². The zero-order valence-electron chi connectivity index (χ0n) is 17.4. The summed E-state index contributed by atoms with van der Waals surface area (Å²) in [5, 5.41) is 9.24. The van der Waals surface area contributed by atoms with Crippen LogP contribution in [0.3, 0.4) is 0 Å². The van der Waals surface area contributed by atoms with E-state index in [2.05, 4.69) is 18.3 Å². The lowest BCUT2D eigenvalue weighted by Gasteiger charge is -2.29. The Bertz CT molecular complexity index is 325. The topological polar surface area (TPSA) is 32.6 Å². The Balaban J connectivity index is 0.00000625. The van der Waals surface area contributed by atoms with Gasteiger partial charge in [-0.15, -0.1) is 0 Å². The fraction of sp³-hybridized carbons (Fsp3) is 0.955. The van der Waals surface area contributed by atoms with Crippen LogP contribution in [0.4, 0.5) is 0 Å². The number of aliphatic hydroxyl groups excluding tert-OH is 1. The Morgan fingerprint density at radius 3 is 1.58 bits per heavy atom. The number of hydrogen-bond acceptors (Lipinski definition) is 2. The summed E-state index contributed by atoms with van der Waals surface area (Å²) in [6, 6.07) is 0. The van der Waals surface area contributed by atoms with Gasteiger partial charge in [-0.1, -0.05) is 90.4 Å². The van der Waals surface area contributed by atoms with E-state index in [1.54, 1.807) is 0 Å². The molecule has 1 rings (SSSR count). The van der Waals surface area contributed by atoms with Gasteiger partial charge in [0.1, 0.15) is 13.1 Å². The van der Waals surface area contributed by atoms with Crippen LogP contribution >= 0.6 is 0 Å². The molecule has 0 aromatic rings. The van der Waals surface area contributed by atoms with Crippen LogP contribution in [-0.4, -0.2) is 48.7 Å². The number of hydrogen-bond donors (Lipinski definition) is 1. The molecule has 1 unspecified atom stereocenters. The van der Waals surface area contributed by atoms with Crippen LogP contribution in [0.1, 0.15) is 103 Å². The quantitative estimate of drug-likeness (QED) is 0.284. The average molecular weight is 389 g/mol. The van der Waals surface area contributed by atoms with Crippen LogP contribution < -0.4 is 12.4 Å². The van der Waals surface area contributed by atoms with Gasteiger partial charge >= 0.3 is 0 Å². The molecule has 0 amide bonds. The van der Waals surface area contributed by atoms with Crippen molar-refractivity contribution in [2.24, 2.45) is 4.99 Å². The van der Waals surface area contributed by atoms with Gasteiger partial charge in [0.25, 0.3) is 0 Å². The first-order valence-electron chi connectivity index (χ1n) is 11.3. The van der Waals surface area contributed by atoms with Crippen molar-refractivity contribution in [3.05, 3.63) is 0 Å². The number of quaternary nitrogens is 1. The average Bonchev–Trinajstić information content (AvgIpc) is 3.07. The molecule has 1 aliphatic rings. The predicted molar refractivity (Wildman–Crippen MR) is 110 cm³/mol. The third kappa shape index (κ3) is 13.1. The summed E-state index contributed by atoms with van der Waals surface area (Å²) in [6.45, 7) is 6.63. The minimum Gasteiger partial charge on any atom is -1.00 e. The number of aliphatic hydroxyl groups is 1. The molecule has 26 heavy (non-hydrogen) atoms. The number of rotatable bonds is 18. The molecule has 0 saturated heterocycles. The first-order valence-corrected chi connectivity index (χ1v) is 11.3. The van der Waals surface area contributed by atoms with Crippen LogP contribution in [0.2, 0.25) is 0 Å². The summed E-state index contributed by atoms with van der Waals surface area (Å²) < 4.78 is 0.926. The van der Waals surface area contributed by atoms with E-state index < -0.39 is 0 Å². The maximum atomic E-state index is 9.24. The Kier molecular flexibility index (Phi) is 18.2. The van der Waals surface area contributed by atoms with E-state index in [0.29, 0.717) is 0 Å². The van der Waals surface area contributed by atoms with Crippen LogP contribution in [0.25, 0.3) is 0 Å². The molecule has 0 spiro atoms. The normalized spacial score (nSPS) is 19.0. The molecule has 3 nitrogen and oxygen atoms in total. The second-order valence-electron chi connectivity index (χ2n) is 8.08. The van der Waals surface area contributed by atoms with Crippen LogP contribution in [0.15, 0.2) is 4.99 Å². The zero-order valence-corrected chi connectivity index (χ0v) is 18.2. The molecule has 1 N–H and O–H groups in total. The second kappa shape index (κ2) is 18.3. The van der Waals surface area contributed by atoms with Crippen molar-refractivity contribution in [1.82, 2.24) is 0 Å². The van der Waals surface area contributed by atoms with Crippen molar-refractivity contribution in [2.45, 2.75) is 103 Å². The van der Waals surface area contributed by atoms with E-state index >= 15 is 0 Å². The Morgan fingerprint density at radius 2 is 1.19 bits per heavy atom. The van der Waals surface area contributed by atoms with Gasteiger partial charge in [-0.05, 0) is 12.8 Å². The van der Waals surface area contributed by atoms with Gasteiger partial charge in [0.15, 0.2) is 6.34 Å². The highest BCUT2D eigenvalue weighted by atomic mass is 35.5. The molecule has 0 fully saturated rings. The Labute approximate surface area is 169 Å². The first kappa shape index (κ1) is 25.9. The third-order valence-corrected chi connectivity index (χ3v) is 5.75. The lowest BCUT2D eigenvalue weighted by atomic mass is 10.0. The van der Waals surface area contributed by atoms with Crippen LogP contribution in [0, 0.1) is 0 Å². The summed E-state index contributed by atoms with van der Waals surface area (Å²) in [5.41, 5.74) is 0. The van der Waals surface area contributed by atoms with E-state index in [9.17, 15) is 5.11 Å². The summed E-state index contributed by atoms with van der Waals surface area (Å²) in [5.74, 6) is 0. The minimum absolute atomic E-state index is 0. The van der Waals surface area contributed by atoms with Crippen molar-refractivity contribution in [3.8, 4) is 0 Å². The molecule has 0 radical (unpaired) electrons. The number of unbranched alkanes of at least 4 members (excludes halogenated alkanes) is 14. The number of nitrogens with zero attached hydrogens (tertiary/aromatic N) is 2. The van der Waals surface area contributed by atoms with Gasteiger partial charge < -0.3 is 17.5 Å². The van der Waals surface area contributed by atoms with E-state index in [1.165, 1.54) is 103 Å². The van der Waals surface area contributed by atoms with Crippen LogP contribution in [0.5, 0.6) is 0 Å². The van der Waals surface area contributed by atoms with Crippen molar-refractivity contribution >= 4 is 6.34 Å². The highest BCUT2D eigenvalue weighted by Gasteiger charge is 2.27. The smallest absolute Gasteiger partial charge is 0.185 e.